The van der Waals surface area contributed by atoms with Gasteiger partial charge in [-0.15, -0.1) is 0 Å². The van der Waals surface area contributed by atoms with E-state index in [1.165, 1.54) is 38.5 Å². The Kier molecular flexibility index (Phi) is 4.86. The molecule has 1 aliphatic carbocycles. The van der Waals surface area contributed by atoms with Crippen LogP contribution >= 0.6 is 0 Å². The molecule has 0 unspecified atom stereocenters. The van der Waals surface area contributed by atoms with Crippen LogP contribution in [0.5, 0.6) is 0 Å². The number of nitrogens with zero attached hydrogens (tertiary/aromatic N) is 3. The second-order valence-electron chi connectivity index (χ2n) is 11.1. The second-order valence-corrected chi connectivity index (χ2v) is 11.1. The van der Waals surface area contributed by atoms with Gasteiger partial charge in [0.15, 0.2) is 0 Å². The molecule has 2 heterocycles. The summed E-state index contributed by atoms with van der Waals surface area (Å²) in [5.41, 5.74) is 11.4. The molecule has 0 saturated carbocycles. The molecule has 0 aliphatic heterocycles. The molecule has 2 aromatic heterocycles. The van der Waals surface area contributed by atoms with Crippen molar-refractivity contribution in [2.75, 3.05) is 0 Å². The quantitative estimate of drug-likeness (QED) is 0.236. The van der Waals surface area contributed by atoms with Crippen molar-refractivity contribution in [1.29, 1.82) is 0 Å². The summed E-state index contributed by atoms with van der Waals surface area (Å²) in [7, 11) is 0. The maximum atomic E-state index is 5.25. The van der Waals surface area contributed by atoms with E-state index in [9.17, 15) is 0 Å². The van der Waals surface area contributed by atoms with E-state index in [0.717, 1.165) is 28.0 Å². The fraction of sp³-hybridized carbons (Fsp3) is 0.0811. The molecule has 0 radical (unpaired) electrons. The number of hydrogen-bond acceptors (Lipinski definition) is 2. The molecule has 0 amide bonds. The van der Waals surface area contributed by atoms with Crippen LogP contribution in [0.15, 0.2) is 127 Å². The molecule has 3 nitrogen and oxygen atoms in total. The number of benzene rings is 5. The normalized spacial score (nSPS) is 13.4. The Balaban J connectivity index is 1.51. The van der Waals surface area contributed by atoms with E-state index in [-0.39, 0.29) is 5.41 Å². The Morgan fingerprint density at radius 2 is 1.15 bits per heavy atom. The fourth-order valence-corrected chi connectivity index (χ4v) is 6.57. The van der Waals surface area contributed by atoms with Crippen LogP contribution in [0.2, 0.25) is 0 Å². The predicted molar refractivity (Wildman–Crippen MR) is 165 cm³/mol. The van der Waals surface area contributed by atoms with Gasteiger partial charge < -0.3 is 0 Å². The first-order valence-corrected chi connectivity index (χ1v) is 13.8. The summed E-state index contributed by atoms with van der Waals surface area (Å²) >= 11 is 0. The van der Waals surface area contributed by atoms with Gasteiger partial charge in [-0.2, -0.15) is 0 Å². The van der Waals surface area contributed by atoms with Gasteiger partial charge in [-0.3, -0.25) is 4.57 Å². The van der Waals surface area contributed by atoms with Crippen LogP contribution in [0.25, 0.3) is 61.4 Å². The molecule has 5 aromatic carbocycles. The minimum atomic E-state index is -0.170. The molecule has 3 heteroatoms. The zero-order chi connectivity index (χ0) is 26.8. The predicted octanol–water partition coefficient (Wildman–Crippen LogP) is 9.21. The van der Waals surface area contributed by atoms with Crippen molar-refractivity contribution in [2.45, 2.75) is 19.3 Å². The Morgan fingerprint density at radius 1 is 0.550 bits per heavy atom. The van der Waals surface area contributed by atoms with Crippen LogP contribution in [0.3, 0.4) is 0 Å². The van der Waals surface area contributed by atoms with Crippen molar-refractivity contribution in [3.05, 3.63) is 139 Å². The SMILES string of the molecule is CC1(C)c2ccccc2-c2ccc3c4ccccc4n(-c4nc(-c5ccccc5)cc(-c5ccccc5)n4)c3c21. The van der Waals surface area contributed by atoms with E-state index in [1.54, 1.807) is 0 Å². The monoisotopic (exact) mass is 513 g/mol. The molecule has 0 bridgehead atoms. The van der Waals surface area contributed by atoms with E-state index in [1.807, 2.05) is 12.1 Å². The van der Waals surface area contributed by atoms with Gasteiger partial charge in [0.1, 0.15) is 0 Å². The van der Waals surface area contributed by atoms with Gasteiger partial charge in [0.05, 0.1) is 22.4 Å². The lowest BCUT2D eigenvalue weighted by Crippen LogP contribution is -2.17. The average molecular weight is 514 g/mol. The average Bonchev–Trinajstić information content (AvgIpc) is 3.47. The number of rotatable bonds is 3. The molecule has 0 atom stereocenters. The molecule has 0 spiro atoms. The summed E-state index contributed by atoms with van der Waals surface area (Å²) in [6.45, 7) is 4.69. The number of hydrogen-bond donors (Lipinski definition) is 0. The number of aromatic nitrogens is 3. The highest BCUT2D eigenvalue weighted by molar-refractivity contribution is 6.12. The molecule has 0 saturated heterocycles. The van der Waals surface area contributed by atoms with Crippen LogP contribution in [-0.4, -0.2) is 14.5 Å². The molecular formula is C37H27N3. The van der Waals surface area contributed by atoms with E-state index in [0.29, 0.717) is 5.95 Å². The van der Waals surface area contributed by atoms with Gasteiger partial charge in [0.2, 0.25) is 5.95 Å². The molecule has 0 N–H and O–H groups in total. The molecule has 190 valence electrons. The third-order valence-electron chi connectivity index (χ3n) is 8.41. The third-order valence-corrected chi connectivity index (χ3v) is 8.41. The van der Waals surface area contributed by atoms with Gasteiger partial charge in [0, 0.05) is 27.3 Å². The largest absolute Gasteiger partial charge is 0.278 e. The van der Waals surface area contributed by atoms with Crippen LogP contribution < -0.4 is 0 Å². The lowest BCUT2D eigenvalue weighted by Gasteiger charge is -2.23. The van der Waals surface area contributed by atoms with Gasteiger partial charge in [0.25, 0.3) is 0 Å². The van der Waals surface area contributed by atoms with Crippen LogP contribution in [0.4, 0.5) is 0 Å². The maximum Gasteiger partial charge on any atom is 0.235 e. The zero-order valence-corrected chi connectivity index (χ0v) is 22.5. The van der Waals surface area contributed by atoms with Crippen molar-refractivity contribution in [3.63, 3.8) is 0 Å². The summed E-state index contributed by atoms with van der Waals surface area (Å²) in [5.74, 6) is 0.687. The van der Waals surface area contributed by atoms with Crippen molar-refractivity contribution in [1.82, 2.24) is 14.5 Å². The van der Waals surface area contributed by atoms with Crippen molar-refractivity contribution in [3.8, 4) is 39.6 Å². The Labute approximate surface area is 233 Å². The van der Waals surface area contributed by atoms with Crippen LogP contribution in [0.1, 0.15) is 25.0 Å². The third kappa shape index (κ3) is 3.24. The highest BCUT2D eigenvalue weighted by atomic mass is 15.2. The molecule has 8 rings (SSSR count). The second kappa shape index (κ2) is 8.49. The summed E-state index contributed by atoms with van der Waals surface area (Å²) in [6.07, 6.45) is 0. The van der Waals surface area contributed by atoms with Gasteiger partial charge in [-0.25, -0.2) is 9.97 Å². The van der Waals surface area contributed by atoms with Gasteiger partial charge in [-0.05, 0) is 34.4 Å². The fourth-order valence-electron chi connectivity index (χ4n) is 6.57. The van der Waals surface area contributed by atoms with E-state index in [2.05, 4.69) is 134 Å². The highest BCUT2D eigenvalue weighted by Gasteiger charge is 2.38. The Morgan fingerprint density at radius 3 is 1.85 bits per heavy atom. The molecular weight excluding hydrogens is 486 g/mol. The molecule has 0 fully saturated rings. The minimum Gasteiger partial charge on any atom is -0.278 e. The summed E-state index contributed by atoms with van der Waals surface area (Å²) in [5, 5.41) is 2.44. The van der Waals surface area contributed by atoms with E-state index in [4.69, 9.17) is 9.97 Å². The van der Waals surface area contributed by atoms with Gasteiger partial charge >= 0.3 is 0 Å². The van der Waals surface area contributed by atoms with E-state index >= 15 is 0 Å². The molecule has 40 heavy (non-hydrogen) atoms. The summed E-state index contributed by atoms with van der Waals surface area (Å²) < 4.78 is 2.30. The smallest absolute Gasteiger partial charge is 0.235 e. The number of fused-ring (bicyclic) bond motifs is 7. The van der Waals surface area contributed by atoms with Gasteiger partial charge in [-0.1, -0.05) is 129 Å². The zero-order valence-electron chi connectivity index (χ0n) is 22.5. The molecule has 7 aromatic rings. The Hall–Kier alpha value is -5.02. The maximum absolute atomic E-state index is 5.25. The lowest BCUT2D eigenvalue weighted by atomic mass is 9.81. The first kappa shape index (κ1) is 22.9. The van der Waals surface area contributed by atoms with Crippen LogP contribution in [-0.2, 0) is 5.41 Å². The summed E-state index contributed by atoms with van der Waals surface area (Å²) in [6, 6.07) is 44.9. The minimum absolute atomic E-state index is 0.170. The topological polar surface area (TPSA) is 30.7 Å². The van der Waals surface area contributed by atoms with Crippen molar-refractivity contribution < 1.29 is 0 Å². The number of para-hydroxylation sites is 1. The van der Waals surface area contributed by atoms with E-state index < -0.39 is 0 Å². The molecule has 1 aliphatic rings. The lowest BCUT2D eigenvalue weighted by molar-refractivity contribution is 0.663. The van der Waals surface area contributed by atoms with Crippen LogP contribution in [0, 0.1) is 0 Å². The first-order chi connectivity index (χ1) is 19.6. The Bertz CT molecular complexity index is 2010. The van der Waals surface area contributed by atoms with Crippen molar-refractivity contribution >= 4 is 21.8 Å². The highest BCUT2D eigenvalue weighted by Crippen LogP contribution is 2.52. The van der Waals surface area contributed by atoms with Crippen molar-refractivity contribution in [2.24, 2.45) is 0 Å². The summed E-state index contributed by atoms with van der Waals surface area (Å²) in [4.78, 5) is 10.5. The standard InChI is InChI=1S/C37H27N3/c1-37(2)30-19-11-9-17-26(30)28-21-22-29-27-18-10-12-20-33(27)40(35(29)34(28)37)36-38-31(24-13-5-3-6-14-24)23-32(39-36)25-15-7-4-8-16-25/h3-23H,1-2H3. The first-order valence-electron chi connectivity index (χ1n) is 13.8.